The van der Waals surface area contributed by atoms with Crippen molar-refractivity contribution in [2.24, 2.45) is 0 Å². The highest BCUT2D eigenvalue weighted by atomic mass is 19.1. The zero-order chi connectivity index (χ0) is 16.1. The summed E-state index contributed by atoms with van der Waals surface area (Å²) in [6.45, 7) is 1.07. The van der Waals surface area contributed by atoms with Gasteiger partial charge in [0.25, 0.3) is 0 Å². The number of halogens is 1. The van der Waals surface area contributed by atoms with E-state index in [0.717, 1.165) is 24.1 Å². The van der Waals surface area contributed by atoms with Crippen LogP contribution in [0, 0.1) is 5.82 Å². The Hall–Kier alpha value is -2.81. The summed E-state index contributed by atoms with van der Waals surface area (Å²) in [5, 5.41) is 1.30. The van der Waals surface area contributed by atoms with E-state index in [2.05, 4.69) is 33.9 Å². The van der Waals surface area contributed by atoms with E-state index in [4.69, 9.17) is 0 Å². The molecule has 0 fully saturated rings. The van der Waals surface area contributed by atoms with Gasteiger partial charge in [0.2, 0.25) is 0 Å². The molecule has 1 N–H and O–H groups in total. The maximum Gasteiger partial charge on any atom is 0.123 e. The molecule has 2 aromatic heterocycles. The molecule has 1 aliphatic rings. The van der Waals surface area contributed by atoms with Crippen LogP contribution in [0.15, 0.2) is 61.1 Å². The molecule has 0 saturated heterocycles. The lowest BCUT2D eigenvalue weighted by Gasteiger charge is -2.14. The molecule has 2 nitrogen and oxygen atoms in total. The van der Waals surface area contributed by atoms with Gasteiger partial charge in [-0.3, -0.25) is 0 Å². The van der Waals surface area contributed by atoms with E-state index in [1.807, 2.05) is 24.5 Å². The van der Waals surface area contributed by atoms with Gasteiger partial charge < -0.3 is 9.55 Å². The first-order valence-electron chi connectivity index (χ1n) is 8.35. The van der Waals surface area contributed by atoms with Crippen LogP contribution in [0.3, 0.4) is 0 Å². The van der Waals surface area contributed by atoms with Gasteiger partial charge in [0.05, 0.1) is 5.52 Å². The van der Waals surface area contributed by atoms with Crippen molar-refractivity contribution < 1.29 is 4.39 Å². The fourth-order valence-electron chi connectivity index (χ4n) is 3.93. The van der Waals surface area contributed by atoms with Crippen LogP contribution >= 0.6 is 0 Å². The van der Waals surface area contributed by atoms with Crippen LogP contribution < -0.4 is 0 Å². The first-order chi connectivity index (χ1) is 11.8. The first kappa shape index (κ1) is 13.6. The second-order valence-corrected chi connectivity index (χ2v) is 6.44. The summed E-state index contributed by atoms with van der Waals surface area (Å²) >= 11 is 0. The number of hydrogen-bond acceptors (Lipinski definition) is 0. The molecule has 2 aromatic carbocycles. The Morgan fingerprint density at radius 3 is 2.62 bits per heavy atom. The molecular formula is C21H17FN2. The third-order valence-corrected chi connectivity index (χ3v) is 5.02. The van der Waals surface area contributed by atoms with Crippen molar-refractivity contribution in [3.05, 3.63) is 72.4 Å². The molecule has 3 heteroatoms. The number of rotatable bonds is 2. The zero-order valence-electron chi connectivity index (χ0n) is 13.2. The Bertz CT molecular complexity index is 1040. The van der Waals surface area contributed by atoms with E-state index >= 15 is 0 Å². The van der Waals surface area contributed by atoms with Gasteiger partial charge in [-0.2, -0.15) is 0 Å². The molecule has 0 saturated carbocycles. The summed E-state index contributed by atoms with van der Waals surface area (Å²) in [6.07, 6.45) is 8.65. The van der Waals surface area contributed by atoms with E-state index in [0.29, 0.717) is 0 Å². The average molecular weight is 316 g/mol. The van der Waals surface area contributed by atoms with Crippen molar-refractivity contribution >= 4 is 10.9 Å². The first-order valence-corrected chi connectivity index (χ1v) is 8.35. The lowest BCUT2D eigenvalue weighted by atomic mass is 9.97. The highest BCUT2D eigenvalue weighted by Crippen LogP contribution is 2.39. The van der Waals surface area contributed by atoms with Gasteiger partial charge in [0.15, 0.2) is 0 Å². The van der Waals surface area contributed by atoms with Gasteiger partial charge in [-0.15, -0.1) is 0 Å². The predicted molar refractivity (Wildman–Crippen MR) is 95.4 cm³/mol. The largest absolute Gasteiger partial charge is 0.366 e. The predicted octanol–water partition coefficient (Wildman–Crippen LogP) is 5.39. The number of para-hydroxylation sites is 1. The number of benzene rings is 2. The molecule has 0 spiro atoms. The Balaban J connectivity index is 1.74. The monoisotopic (exact) mass is 316 g/mol. The molecule has 0 bridgehead atoms. The molecular weight excluding hydrogens is 299 g/mol. The second kappa shape index (κ2) is 5.10. The number of nitrogens with one attached hydrogen (secondary N) is 1. The Kier molecular flexibility index (Phi) is 2.89. The lowest BCUT2D eigenvalue weighted by molar-refractivity contribution is 0.628. The third-order valence-electron chi connectivity index (χ3n) is 5.02. The van der Waals surface area contributed by atoms with E-state index in [1.54, 1.807) is 0 Å². The maximum absolute atomic E-state index is 13.2. The number of aryl methyl sites for hydroxylation is 2. The Labute approximate surface area is 139 Å². The van der Waals surface area contributed by atoms with Crippen molar-refractivity contribution in [2.75, 3.05) is 0 Å². The van der Waals surface area contributed by atoms with Gasteiger partial charge in [0, 0.05) is 47.2 Å². The average Bonchev–Trinajstić information content (AvgIpc) is 3.22. The van der Waals surface area contributed by atoms with E-state index < -0.39 is 0 Å². The van der Waals surface area contributed by atoms with E-state index in [1.165, 1.54) is 46.1 Å². The number of aromatic nitrogens is 2. The van der Waals surface area contributed by atoms with Gasteiger partial charge in [-0.25, -0.2) is 4.39 Å². The van der Waals surface area contributed by atoms with Crippen molar-refractivity contribution in [1.29, 1.82) is 0 Å². The smallest absolute Gasteiger partial charge is 0.123 e. The normalized spacial score (nSPS) is 13.5. The lowest BCUT2D eigenvalue weighted by Crippen LogP contribution is -2.05. The molecule has 1 aliphatic heterocycles. The Morgan fingerprint density at radius 2 is 1.75 bits per heavy atom. The van der Waals surface area contributed by atoms with Crippen LogP contribution in [-0.4, -0.2) is 9.55 Å². The molecule has 0 aliphatic carbocycles. The molecule has 0 unspecified atom stereocenters. The quantitative estimate of drug-likeness (QED) is 0.512. The zero-order valence-corrected chi connectivity index (χ0v) is 13.2. The van der Waals surface area contributed by atoms with Crippen molar-refractivity contribution in [3.63, 3.8) is 0 Å². The molecule has 3 heterocycles. The number of aromatic amines is 1. The van der Waals surface area contributed by atoms with Gasteiger partial charge >= 0.3 is 0 Å². The molecule has 0 amide bonds. The highest BCUT2D eigenvalue weighted by Gasteiger charge is 2.19. The highest BCUT2D eigenvalue weighted by molar-refractivity contribution is 6.01. The molecule has 0 radical (unpaired) electrons. The van der Waals surface area contributed by atoms with Gasteiger partial charge in [-0.05, 0) is 36.1 Å². The minimum Gasteiger partial charge on any atom is -0.366 e. The topological polar surface area (TPSA) is 20.7 Å². The van der Waals surface area contributed by atoms with Crippen LogP contribution in [-0.2, 0) is 13.0 Å². The fourth-order valence-corrected chi connectivity index (χ4v) is 3.93. The summed E-state index contributed by atoms with van der Waals surface area (Å²) in [5.41, 5.74) is 7.35. The summed E-state index contributed by atoms with van der Waals surface area (Å²) in [7, 11) is 0. The summed E-state index contributed by atoms with van der Waals surface area (Å²) in [5.74, 6) is -0.206. The summed E-state index contributed by atoms with van der Waals surface area (Å²) < 4.78 is 15.6. The minimum atomic E-state index is -0.206. The van der Waals surface area contributed by atoms with E-state index in [-0.39, 0.29) is 5.82 Å². The molecule has 0 atom stereocenters. The van der Waals surface area contributed by atoms with Crippen LogP contribution in [0.25, 0.3) is 33.2 Å². The minimum absolute atomic E-state index is 0.206. The molecule has 118 valence electrons. The van der Waals surface area contributed by atoms with Crippen LogP contribution in [0.1, 0.15) is 12.0 Å². The summed E-state index contributed by atoms with van der Waals surface area (Å²) in [4.78, 5) is 3.23. The molecule has 4 aromatic rings. The van der Waals surface area contributed by atoms with Crippen LogP contribution in [0.2, 0.25) is 0 Å². The van der Waals surface area contributed by atoms with Crippen LogP contribution in [0.4, 0.5) is 4.39 Å². The van der Waals surface area contributed by atoms with Crippen molar-refractivity contribution in [3.8, 4) is 22.3 Å². The maximum atomic E-state index is 13.2. The summed E-state index contributed by atoms with van der Waals surface area (Å²) in [6, 6.07) is 13.3. The Morgan fingerprint density at radius 1 is 0.917 bits per heavy atom. The van der Waals surface area contributed by atoms with Gasteiger partial charge in [0.1, 0.15) is 5.82 Å². The van der Waals surface area contributed by atoms with Crippen molar-refractivity contribution in [2.45, 2.75) is 19.4 Å². The number of H-pyrrole nitrogens is 1. The number of nitrogens with zero attached hydrogens (tertiary/aromatic N) is 1. The SMILES string of the molecule is Fc1ccc(-c2c[nH]cc2-c2cn3c4c(cccc24)CCC3)cc1. The molecule has 5 rings (SSSR count). The van der Waals surface area contributed by atoms with Gasteiger partial charge in [-0.1, -0.05) is 30.3 Å². The standard InChI is InChI=1S/C21H17FN2/c22-16-8-6-14(7-9-16)18-11-23-12-19(18)20-13-24-10-2-4-15-3-1-5-17(20)21(15)24/h1,3,5-9,11-13,23H,2,4,10H2. The number of hydrogen-bond donors (Lipinski definition) is 1. The fraction of sp³-hybridized carbons (Fsp3) is 0.143. The van der Waals surface area contributed by atoms with Crippen molar-refractivity contribution in [1.82, 2.24) is 9.55 Å². The van der Waals surface area contributed by atoms with Crippen LogP contribution in [0.5, 0.6) is 0 Å². The van der Waals surface area contributed by atoms with E-state index in [9.17, 15) is 4.39 Å². The second-order valence-electron chi connectivity index (χ2n) is 6.44. The molecule has 24 heavy (non-hydrogen) atoms. The third kappa shape index (κ3) is 1.94.